The summed E-state index contributed by atoms with van der Waals surface area (Å²) in [7, 11) is 0. The normalized spacial score (nSPS) is 11.5. The third-order valence-electron chi connectivity index (χ3n) is 4.23. The summed E-state index contributed by atoms with van der Waals surface area (Å²) in [6.45, 7) is 1.90. The number of nitrogens with two attached hydrogens (primary N) is 1. The highest BCUT2D eigenvalue weighted by Gasteiger charge is 2.17. The van der Waals surface area contributed by atoms with Crippen molar-refractivity contribution in [2.24, 2.45) is 0 Å². The van der Waals surface area contributed by atoms with Gasteiger partial charge in [-0.3, -0.25) is 4.40 Å². The molecule has 0 fully saturated rings. The summed E-state index contributed by atoms with van der Waals surface area (Å²) in [5.41, 5.74) is 11.2. The first kappa shape index (κ1) is 14.9. The van der Waals surface area contributed by atoms with Crippen LogP contribution in [-0.2, 0) is 6.61 Å². The SMILES string of the molecule is Cc1nnc2c(N)c(-c3ccc(CO)cc3)c3cc(Cl)ccc3n12. The van der Waals surface area contributed by atoms with Gasteiger partial charge >= 0.3 is 0 Å². The molecular formula is C18H15ClN4O. The summed E-state index contributed by atoms with van der Waals surface area (Å²) in [6.07, 6.45) is 0. The number of nitrogen functional groups attached to an aromatic ring is 1. The van der Waals surface area contributed by atoms with E-state index in [1.54, 1.807) is 0 Å². The molecule has 0 unspecified atom stereocenters. The Kier molecular flexibility index (Phi) is 3.40. The summed E-state index contributed by atoms with van der Waals surface area (Å²) in [5, 5.41) is 19.2. The van der Waals surface area contributed by atoms with E-state index >= 15 is 0 Å². The summed E-state index contributed by atoms with van der Waals surface area (Å²) in [4.78, 5) is 0. The fourth-order valence-corrected chi connectivity index (χ4v) is 3.25. The van der Waals surface area contributed by atoms with Crippen molar-refractivity contribution in [1.82, 2.24) is 14.6 Å². The molecule has 6 heteroatoms. The minimum absolute atomic E-state index is 0.00471. The Morgan fingerprint density at radius 2 is 1.88 bits per heavy atom. The van der Waals surface area contributed by atoms with E-state index in [-0.39, 0.29) is 6.61 Å². The Bertz CT molecular complexity index is 1070. The number of aryl methyl sites for hydroxylation is 1. The zero-order chi connectivity index (χ0) is 16.8. The number of pyridine rings is 1. The molecule has 0 radical (unpaired) electrons. The topological polar surface area (TPSA) is 76.4 Å². The number of hydrogen-bond donors (Lipinski definition) is 2. The number of halogens is 1. The molecule has 5 nitrogen and oxygen atoms in total. The van der Waals surface area contributed by atoms with Gasteiger partial charge in [-0.05, 0) is 36.2 Å². The van der Waals surface area contributed by atoms with Gasteiger partial charge in [-0.25, -0.2) is 0 Å². The second kappa shape index (κ2) is 5.47. The van der Waals surface area contributed by atoms with Crippen molar-refractivity contribution in [3.05, 3.63) is 58.9 Å². The molecule has 2 aromatic heterocycles. The Hall–Kier alpha value is -2.63. The summed E-state index contributed by atoms with van der Waals surface area (Å²) in [5.74, 6) is 0.770. The number of aromatic nitrogens is 3. The minimum Gasteiger partial charge on any atom is -0.395 e. The van der Waals surface area contributed by atoms with Crippen molar-refractivity contribution in [3.8, 4) is 11.1 Å². The average molecular weight is 339 g/mol. The van der Waals surface area contributed by atoms with Gasteiger partial charge in [-0.1, -0.05) is 35.9 Å². The third kappa shape index (κ3) is 2.13. The van der Waals surface area contributed by atoms with E-state index in [0.29, 0.717) is 16.4 Å². The van der Waals surface area contributed by atoms with Crippen LogP contribution in [0.4, 0.5) is 5.69 Å². The lowest BCUT2D eigenvalue weighted by molar-refractivity contribution is 0.282. The van der Waals surface area contributed by atoms with Crippen molar-refractivity contribution in [3.63, 3.8) is 0 Å². The lowest BCUT2D eigenvalue weighted by atomic mass is 9.98. The fraction of sp³-hybridized carbons (Fsp3) is 0.111. The highest BCUT2D eigenvalue weighted by Crippen LogP contribution is 2.38. The number of fused-ring (bicyclic) bond motifs is 3. The smallest absolute Gasteiger partial charge is 0.185 e. The maximum absolute atomic E-state index is 9.24. The van der Waals surface area contributed by atoms with E-state index in [2.05, 4.69) is 10.2 Å². The van der Waals surface area contributed by atoms with Crippen LogP contribution in [0, 0.1) is 6.92 Å². The van der Waals surface area contributed by atoms with Crippen molar-refractivity contribution in [1.29, 1.82) is 0 Å². The molecule has 4 aromatic rings. The van der Waals surface area contributed by atoms with Crippen LogP contribution in [0.1, 0.15) is 11.4 Å². The Labute approximate surface area is 143 Å². The fourth-order valence-electron chi connectivity index (χ4n) is 3.07. The van der Waals surface area contributed by atoms with Crippen LogP contribution in [0.3, 0.4) is 0 Å². The zero-order valence-electron chi connectivity index (χ0n) is 13.0. The van der Waals surface area contributed by atoms with Gasteiger partial charge in [0.25, 0.3) is 0 Å². The number of aliphatic hydroxyl groups is 1. The molecular weight excluding hydrogens is 324 g/mol. The standard InChI is InChI=1S/C18H15ClN4O/c1-10-21-22-18-17(20)16(12-4-2-11(9-24)3-5-12)14-8-13(19)6-7-15(14)23(10)18/h2-8,24H,9,20H2,1H3. The van der Waals surface area contributed by atoms with Crippen LogP contribution in [0.25, 0.3) is 27.7 Å². The van der Waals surface area contributed by atoms with E-state index in [9.17, 15) is 5.11 Å². The molecule has 0 spiro atoms. The van der Waals surface area contributed by atoms with E-state index in [0.717, 1.165) is 33.4 Å². The number of benzene rings is 2. The summed E-state index contributed by atoms with van der Waals surface area (Å²) < 4.78 is 1.94. The Morgan fingerprint density at radius 3 is 2.58 bits per heavy atom. The largest absolute Gasteiger partial charge is 0.395 e. The molecule has 0 bridgehead atoms. The lowest BCUT2D eigenvalue weighted by Crippen LogP contribution is -2.00. The lowest BCUT2D eigenvalue weighted by Gasteiger charge is -2.14. The van der Waals surface area contributed by atoms with Gasteiger partial charge in [0.15, 0.2) is 5.65 Å². The Balaban J connectivity index is 2.15. The second-order valence-corrected chi connectivity index (χ2v) is 6.15. The van der Waals surface area contributed by atoms with Crippen LogP contribution in [0.15, 0.2) is 42.5 Å². The maximum Gasteiger partial charge on any atom is 0.185 e. The first-order valence-corrected chi connectivity index (χ1v) is 7.90. The first-order valence-electron chi connectivity index (χ1n) is 7.52. The van der Waals surface area contributed by atoms with Crippen LogP contribution in [-0.4, -0.2) is 19.7 Å². The van der Waals surface area contributed by atoms with Gasteiger partial charge in [-0.15, -0.1) is 10.2 Å². The number of rotatable bonds is 2. The average Bonchev–Trinajstić information content (AvgIpc) is 2.98. The van der Waals surface area contributed by atoms with Crippen LogP contribution in [0.2, 0.25) is 5.02 Å². The van der Waals surface area contributed by atoms with Crippen molar-refractivity contribution >= 4 is 33.8 Å². The Morgan fingerprint density at radius 1 is 1.12 bits per heavy atom. The number of anilines is 1. The molecule has 2 aromatic carbocycles. The van der Waals surface area contributed by atoms with E-state index in [4.69, 9.17) is 17.3 Å². The van der Waals surface area contributed by atoms with Crippen molar-refractivity contribution in [2.45, 2.75) is 13.5 Å². The predicted octanol–water partition coefficient (Wildman–Crippen LogP) is 3.59. The van der Waals surface area contributed by atoms with Gasteiger partial charge in [0.2, 0.25) is 0 Å². The first-order chi connectivity index (χ1) is 11.6. The highest BCUT2D eigenvalue weighted by atomic mass is 35.5. The van der Waals surface area contributed by atoms with Crippen molar-refractivity contribution < 1.29 is 5.11 Å². The van der Waals surface area contributed by atoms with Gasteiger partial charge in [0.05, 0.1) is 17.8 Å². The molecule has 0 saturated carbocycles. The van der Waals surface area contributed by atoms with E-state index < -0.39 is 0 Å². The number of hydrogen-bond acceptors (Lipinski definition) is 4. The zero-order valence-corrected chi connectivity index (χ0v) is 13.7. The summed E-state index contributed by atoms with van der Waals surface area (Å²) >= 11 is 6.23. The van der Waals surface area contributed by atoms with Gasteiger partial charge < -0.3 is 10.8 Å². The monoisotopic (exact) mass is 338 g/mol. The third-order valence-corrected chi connectivity index (χ3v) is 4.46. The molecule has 2 heterocycles. The van der Waals surface area contributed by atoms with E-state index in [1.165, 1.54) is 0 Å². The predicted molar refractivity (Wildman–Crippen MR) is 96.0 cm³/mol. The second-order valence-electron chi connectivity index (χ2n) is 5.71. The van der Waals surface area contributed by atoms with Crippen molar-refractivity contribution in [2.75, 3.05) is 5.73 Å². The number of nitrogens with zero attached hydrogens (tertiary/aromatic N) is 3. The summed E-state index contributed by atoms with van der Waals surface area (Å²) in [6, 6.07) is 13.3. The van der Waals surface area contributed by atoms with Crippen LogP contribution >= 0.6 is 11.6 Å². The van der Waals surface area contributed by atoms with Gasteiger partial charge in [0.1, 0.15) is 5.82 Å². The molecule has 3 N–H and O–H groups in total. The minimum atomic E-state index is 0.00471. The molecule has 120 valence electrons. The maximum atomic E-state index is 9.24. The molecule has 0 aliphatic heterocycles. The highest BCUT2D eigenvalue weighted by molar-refractivity contribution is 6.31. The number of aliphatic hydroxyl groups excluding tert-OH is 1. The molecule has 4 rings (SSSR count). The molecule has 0 saturated heterocycles. The van der Waals surface area contributed by atoms with Crippen LogP contribution in [0.5, 0.6) is 0 Å². The quantitative estimate of drug-likeness (QED) is 0.585. The van der Waals surface area contributed by atoms with E-state index in [1.807, 2.05) is 53.8 Å². The molecule has 0 aliphatic carbocycles. The molecule has 0 atom stereocenters. The molecule has 24 heavy (non-hydrogen) atoms. The molecule has 0 amide bonds. The van der Waals surface area contributed by atoms with Gasteiger partial charge in [0, 0.05) is 16.0 Å². The van der Waals surface area contributed by atoms with Crippen LogP contribution < -0.4 is 5.73 Å². The molecule has 0 aliphatic rings. The van der Waals surface area contributed by atoms with Gasteiger partial charge in [-0.2, -0.15) is 0 Å².